The molecule has 2 aromatic rings. The number of nitrogens with zero attached hydrogens (tertiary/aromatic N) is 3. The van der Waals surface area contributed by atoms with Gasteiger partial charge < -0.3 is 14.9 Å². The second-order valence-corrected chi connectivity index (χ2v) is 10.9. The Morgan fingerprint density at radius 1 is 1.36 bits per heavy atom. The highest BCUT2D eigenvalue weighted by molar-refractivity contribution is 7.98. The molecule has 2 N–H and O–H groups in total. The van der Waals surface area contributed by atoms with Crippen molar-refractivity contribution < 1.29 is 23.0 Å². The molecule has 2 aliphatic rings. The quantitative estimate of drug-likeness (QED) is 0.344. The van der Waals surface area contributed by atoms with E-state index in [1.165, 1.54) is 0 Å². The van der Waals surface area contributed by atoms with Crippen LogP contribution in [-0.2, 0) is 24.1 Å². The van der Waals surface area contributed by atoms with Gasteiger partial charge in [-0.1, -0.05) is 28.6 Å². The first-order valence-electron chi connectivity index (χ1n) is 10.6. The van der Waals surface area contributed by atoms with E-state index in [1.54, 1.807) is 24.3 Å². The summed E-state index contributed by atoms with van der Waals surface area (Å²) in [6.07, 6.45) is 2.34. The molecule has 0 saturated carbocycles. The lowest BCUT2D eigenvalue weighted by atomic mass is 10.1. The number of oxime groups is 1. The molecule has 2 saturated heterocycles. The Morgan fingerprint density at radius 2 is 2.18 bits per heavy atom. The summed E-state index contributed by atoms with van der Waals surface area (Å²) in [5, 5.41) is 9.51. The molecule has 0 spiro atoms. The molecule has 2 fully saturated rings. The topological polar surface area (TPSA) is 105 Å². The summed E-state index contributed by atoms with van der Waals surface area (Å²) in [6, 6.07) is 6.69. The molecule has 1 amide bonds. The van der Waals surface area contributed by atoms with Crippen molar-refractivity contribution in [1.82, 2.24) is 14.6 Å². The Morgan fingerprint density at radius 3 is 2.88 bits per heavy atom. The normalized spacial score (nSPS) is 21.8. The third-order valence-corrected chi connectivity index (χ3v) is 8.22. The van der Waals surface area contributed by atoms with Gasteiger partial charge >= 0.3 is 0 Å². The standard InChI is InChI=1S/C21H26FN5O4S2/c1-33(29,27-10-2-8-23-9-11-27)17-5-3-15(4-6-17)19(26-31-16-7-12-30-14-16)20(28)25-21-24-13-18(22)32-21/h3-6,13,16,23H,1-2,7-12,14H2,(H,24,25,28)/b26-19+/t16-,33?/m1/s1. The molecular formula is C21H26FN5O4S2. The number of hydrogen-bond donors (Lipinski definition) is 2. The van der Waals surface area contributed by atoms with Crippen LogP contribution >= 0.6 is 11.3 Å². The molecule has 4 rings (SSSR count). The lowest BCUT2D eigenvalue weighted by molar-refractivity contribution is -0.110. The van der Waals surface area contributed by atoms with Crippen molar-refractivity contribution in [3.63, 3.8) is 0 Å². The fourth-order valence-corrected chi connectivity index (χ4v) is 5.72. The van der Waals surface area contributed by atoms with Crippen molar-refractivity contribution in [2.45, 2.75) is 23.8 Å². The molecule has 0 bridgehead atoms. The largest absolute Gasteiger partial charge is 0.389 e. The van der Waals surface area contributed by atoms with E-state index in [9.17, 15) is 13.4 Å². The van der Waals surface area contributed by atoms with E-state index in [0.717, 1.165) is 25.7 Å². The lowest BCUT2D eigenvalue weighted by Crippen LogP contribution is -2.34. The van der Waals surface area contributed by atoms with Gasteiger partial charge in [0.1, 0.15) is 0 Å². The van der Waals surface area contributed by atoms with Crippen LogP contribution in [0.5, 0.6) is 0 Å². The number of carbonyl (C=O) groups excluding carboxylic acids is 1. The van der Waals surface area contributed by atoms with Gasteiger partial charge in [-0.15, -0.1) is 0 Å². The fraction of sp³-hybridized carbons (Fsp3) is 0.429. The number of rotatable bonds is 7. The van der Waals surface area contributed by atoms with E-state index in [0.29, 0.717) is 54.5 Å². The summed E-state index contributed by atoms with van der Waals surface area (Å²) in [5.41, 5.74) is 0.457. The minimum Gasteiger partial charge on any atom is -0.389 e. The third kappa shape index (κ3) is 5.95. The number of nitrogens with one attached hydrogen (secondary N) is 2. The highest BCUT2D eigenvalue weighted by atomic mass is 32.2. The smallest absolute Gasteiger partial charge is 0.280 e. The molecule has 0 aliphatic carbocycles. The summed E-state index contributed by atoms with van der Waals surface area (Å²) in [5.74, 6) is 3.40. The zero-order valence-corrected chi connectivity index (χ0v) is 19.6. The van der Waals surface area contributed by atoms with Gasteiger partial charge in [-0.3, -0.25) is 10.1 Å². The summed E-state index contributed by atoms with van der Waals surface area (Å²) in [6.45, 7) is 3.92. The molecule has 1 unspecified atom stereocenters. The van der Waals surface area contributed by atoms with Crippen LogP contribution in [-0.4, -0.2) is 76.5 Å². The SMILES string of the molecule is C=S(=O)(c1ccc(/C(=N\O[C@@H]2CCOC2)C(=O)Nc2ncc(F)s2)cc1)N1CCCNCC1. The van der Waals surface area contributed by atoms with Gasteiger partial charge in [0.25, 0.3) is 5.91 Å². The molecule has 12 heteroatoms. The average molecular weight is 496 g/mol. The molecule has 33 heavy (non-hydrogen) atoms. The van der Waals surface area contributed by atoms with Crippen molar-refractivity contribution in [2.75, 3.05) is 44.7 Å². The molecule has 9 nitrogen and oxygen atoms in total. The van der Waals surface area contributed by atoms with Crippen LogP contribution in [0.15, 0.2) is 40.5 Å². The minimum atomic E-state index is -2.66. The van der Waals surface area contributed by atoms with E-state index < -0.39 is 20.7 Å². The predicted octanol–water partition coefficient (Wildman–Crippen LogP) is 1.72. The summed E-state index contributed by atoms with van der Waals surface area (Å²) < 4.78 is 33.9. The number of ether oxygens (including phenoxy) is 1. The zero-order chi connectivity index (χ0) is 23.3. The number of benzene rings is 1. The number of aromatic nitrogens is 1. The summed E-state index contributed by atoms with van der Waals surface area (Å²) >= 11 is 0.713. The highest BCUT2D eigenvalue weighted by Gasteiger charge is 2.23. The maximum Gasteiger partial charge on any atom is 0.280 e. The Balaban J connectivity index is 1.56. The van der Waals surface area contributed by atoms with Crippen LogP contribution in [0.3, 0.4) is 0 Å². The minimum absolute atomic E-state index is 0.00130. The zero-order valence-electron chi connectivity index (χ0n) is 18.0. The average Bonchev–Trinajstić information content (AvgIpc) is 3.38. The first-order chi connectivity index (χ1) is 15.9. The van der Waals surface area contributed by atoms with Crippen LogP contribution in [0.1, 0.15) is 18.4 Å². The van der Waals surface area contributed by atoms with Crippen molar-refractivity contribution >= 4 is 43.7 Å². The monoisotopic (exact) mass is 495 g/mol. The van der Waals surface area contributed by atoms with E-state index >= 15 is 0 Å². The van der Waals surface area contributed by atoms with E-state index in [2.05, 4.69) is 26.6 Å². The first kappa shape index (κ1) is 23.8. The lowest BCUT2D eigenvalue weighted by Gasteiger charge is -2.24. The molecular weight excluding hydrogens is 469 g/mol. The van der Waals surface area contributed by atoms with Crippen molar-refractivity contribution in [2.24, 2.45) is 5.16 Å². The van der Waals surface area contributed by atoms with Crippen molar-refractivity contribution in [3.05, 3.63) is 41.2 Å². The van der Waals surface area contributed by atoms with E-state index in [4.69, 9.17) is 9.57 Å². The van der Waals surface area contributed by atoms with Gasteiger partial charge in [0.2, 0.25) is 0 Å². The molecule has 178 valence electrons. The highest BCUT2D eigenvalue weighted by Crippen LogP contribution is 2.20. The number of carbonyl (C=O) groups is 1. The Hall–Kier alpha value is -2.38. The van der Waals surface area contributed by atoms with Crippen LogP contribution in [0, 0.1) is 5.13 Å². The van der Waals surface area contributed by atoms with Gasteiger partial charge in [-0.25, -0.2) is 13.5 Å². The number of thiazole rings is 1. The van der Waals surface area contributed by atoms with Crippen LogP contribution in [0.2, 0.25) is 0 Å². The maximum absolute atomic E-state index is 13.5. The molecule has 1 aromatic carbocycles. The fourth-order valence-electron chi connectivity index (χ4n) is 3.51. The van der Waals surface area contributed by atoms with Crippen molar-refractivity contribution in [3.8, 4) is 0 Å². The van der Waals surface area contributed by atoms with Crippen LogP contribution in [0.25, 0.3) is 0 Å². The van der Waals surface area contributed by atoms with Crippen LogP contribution < -0.4 is 10.6 Å². The number of hydrogen-bond acceptors (Lipinski definition) is 8. The van der Waals surface area contributed by atoms with E-state index in [-0.39, 0.29) is 16.9 Å². The van der Waals surface area contributed by atoms with Gasteiger partial charge in [-0.2, -0.15) is 4.39 Å². The molecule has 3 heterocycles. The molecule has 2 aliphatic heterocycles. The molecule has 0 radical (unpaired) electrons. The van der Waals surface area contributed by atoms with Crippen LogP contribution in [0.4, 0.5) is 9.52 Å². The Labute approximate surface area is 196 Å². The summed E-state index contributed by atoms with van der Waals surface area (Å²) in [7, 11) is -2.66. The predicted molar refractivity (Wildman–Crippen MR) is 127 cm³/mol. The van der Waals surface area contributed by atoms with E-state index in [1.807, 2.05) is 4.31 Å². The molecule has 2 atom stereocenters. The Kier molecular flexibility index (Phi) is 7.71. The maximum atomic E-state index is 13.5. The summed E-state index contributed by atoms with van der Waals surface area (Å²) in [4.78, 5) is 22.8. The van der Waals surface area contributed by atoms with Gasteiger partial charge in [0.05, 0.1) is 29.1 Å². The first-order valence-corrected chi connectivity index (χ1v) is 13.1. The Bertz CT molecular complexity index is 1090. The second-order valence-electron chi connectivity index (χ2n) is 7.65. The third-order valence-electron chi connectivity index (χ3n) is 5.31. The molecule has 1 aromatic heterocycles. The van der Waals surface area contributed by atoms with Gasteiger partial charge in [0.15, 0.2) is 22.1 Å². The number of halogens is 1. The van der Waals surface area contributed by atoms with Crippen molar-refractivity contribution in [1.29, 1.82) is 0 Å². The van der Waals surface area contributed by atoms with Gasteiger partial charge in [0, 0.05) is 36.5 Å². The number of anilines is 1. The number of amides is 1. The van der Waals surface area contributed by atoms with Gasteiger partial charge in [-0.05, 0) is 31.0 Å². The second kappa shape index (κ2) is 10.7.